The first-order valence-electron chi connectivity index (χ1n) is 10.6. The van der Waals surface area contributed by atoms with Gasteiger partial charge in [0.1, 0.15) is 5.75 Å². The Morgan fingerprint density at radius 3 is 2.22 bits per heavy atom. The van der Waals surface area contributed by atoms with Crippen LogP contribution in [0.2, 0.25) is 0 Å². The van der Waals surface area contributed by atoms with Gasteiger partial charge in [0.15, 0.2) is 17.5 Å². The Morgan fingerprint density at radius 2 is 1.67 bits per heavy atom. The number of quaternary nitrogens is 1. The lowest BCUT2D eigenvalue weighted by Gasteiger charge is -2.16. The van der Waals surface area contributed by atoms with Gasteiger partial charge in [-0.05, 0) is 18.2 Å². The van der Waals surface area contributed by atoms with Gasteiger partial charge in [0.2, 0.25) is 11.7 Å². The molecule has 13 heteroatoms. The van der Waals surface area contributed by atoms with Crippen molar-refractivity contribution in [1.82, 2.24) is 15.0 Å². The van der Waals surface area contributed by atoms with E-state index in [0.717, 1.165) is 0 Å². The van der Waals surface area contributed by atoms with Gasteiger partial charge in [0, 0.05) is 30.5 Å². The molecule has 1 atom stereocenters. The molecule has 3 rings (SSSR count). The number of benzene rings is 2. The number of rotatable bonds is 11. The molecule has 0 aliphatic carbocycles. The van der Waals surface area contributed by atoms with E-state index in [1.807, 2.05) is 6.07 Å². The first kappa shape index (κ1) is 28.2. The summed E-state index contributed by atoms with van der Waals surface area (Å²) in [5, 5.41) is 11.1. The molecular formula is C23H29ClN6O6. The second-order valence-electron chi connectivity index (χ2n) is 7.52. The Balaban J connectivity index is 0.00000456. The Labute approximate surface area is 214 Å². The lowest BCUT2D eigenvalue weighted by Crippen LogP contribution is -3.00. The molecule has 1 unspecified atom stereocenters. The number of anilines is 1. The summed E-state index contributed by atoms with van der Waals surface area (Å²) in [5.41, 5.74) is 11.4. The van der Waals surface area contributed by atoms with Crippen molar-refractivity contribution in [3.63, 3.8) is 0 Å². The summed E-state index contributed by atoms with van der Waals surface area (Å²) in [7, 11) is 6.08. The number of primary amides is 1. The van der Waals surface area contributed by atoms with Gasteiger partial charge < -0.3 is 48.1 Å². The largest absolute Gasteiger partial charge is 1.00 e. The van der Waals surface area contributed by atoms with E-state index >= 15 is 0 Å². The van der Waals surface area contributed by atoms with Crippen LogP contribution in [-0.4, -0.2) is 61.3 Å². The van der Waals surface area contributed by atoms with E-state index in [2.05, 4.69) is 21.4 Å². The molecule has 36 heavy (non-hydrogen) atoms. The highest BCUT2D eigenvalue weighted by atomic mass is 35.5. The molecule has 0 aliphatic rings. The number of hydrogen-bond acceptors (Lipinski definition) is 8. The number of nitrogens with zero attached hydrogens (tertiary/aromatic N) is 3. The average Bonchev–Trinajstić information content (AvgIpc) is 3.36. The predicted octanol–water partition coefficient (Wildman–Crippen LogP) is -2.21. The number of ether oxygens (including phenoxy) is 4. The van der Waals surface area contributed by atoms with Crippen molar-refractivity contribution >= 4 is 17.5 Å². The Morgan fingerprint density at radius 1 is 1.03 bits per heavy atom. The minimum absolute atomic E-state index is 0. The molecule has 194 valence electrons. The molecule has 0 saturated carbocycles. The molecule has 1 heterocycles. The molecule has 1 aromatic heterocycles. The van der Waals surface area contributed by atoms with Gasteiger partial charge in [0.25, 0.3) is 5.91 Å². The summed E-state index contributed by atoms with van der Waals surface area (Å²) >= 11 is 0. The summed E-state index contributed by atoms with van der Waals surface area (Å²) in [5.74, 6) is 0.980. The zero-order valence-corrected chi connectivity index (χ0v) is 21.2. The molecular weight excluding hydrogens is 492 g/mol. The highest BCUT2D eigenvalue weighted by Crippen LogP contribution is 2.40. The summed E-state index contributed by atoms with van der Waals surface area (Å²) in [6.07, 6.45) is 1.90. The minimum Gasteiger partial charge on any atom is -1.00 e. The fraction of sp³-hybridized carbons (Fsp3) is 0.304. The summed E-state index contributed by atoms with van der Waals surface area (Å²) in [6, 6.07) is 8.11. The topological polar surface area (TPSA) is 167 Å². The van der Waals surface area contributed by atoms with Gasteiger partial charge >= 0.3 is 0 Å². The second kappa shape index (κ2) is 12.6. The van der Waals surface area contributed by atoms with Crippen LogP contribution in [-0.2, 0) is 9.59 Å². The van der Waals surface area contributed by atoms with Gasteiger partial charge in [-0.15, -0.1) is 5.10 Å². The van der Waals surface area contributed by atoms with Crippen LogP contribution in [0.5, 0.6) is 23.0 Å². The van der Waals surface area contributed by atoms with E-state index in [1.165, 1.54) is 28.4 Å². The van der Waals surface area contributed by atoms with Crippen LogP contribution in [0.3, 0.4) is 0 Å². The molecule has 0 saturated heterocycles. The van der Waals surface area contributed by atoms with Crippen LogP contribution in [0, 0.1) is 0 Å². The molecule has 0 radical (unpaired) electrons. The lowest BCUT2D eigenvalue weighted by atomic mass is 10.1. The smallest absolute Gasteiger partial charge is 0.282 e. The third-order valence-corrected chi connectivity index (χ3v) is 5.31. The fourth-order valence-corrected chi connectivity index (χ4v) is 3.46. The second-order valence-corrected chi connectivity index (χ2v) is 7.52. The van der Waals surface area contributed by atoms with E-state index in [-0.39, 0.29) is 31.2 Å². The Hall–Kier alpha value is -4.03. The van der Waals surface area contributed by atoms with Crippen molar-refractivity contribution < 1.29 is 46.7 Å². The van der Waals surface area contributed by atoms with Gasteiger partial charge in [-0.3, -0.25) is 9.59 Å². The molecule has 12 nitrogen and oxygen atoms in total. The number of nitrogens with two attached hydrogens (primary N) is 1. The van der Waals surface area contributed by atoms with Crippen LogP contribution in [0.15, 0.2) is 36.5 Å². The molecule has 3 aromatic rings. The number of carbonyl (C=O) groups excluding carboxylic acids is 2. The van der Waals surface area contributed by atoms with Crippen molar-refractivity contribution in [3.8, 4) is 39.9 Å². The molecule has 2 aromatic carbocycles. The van der Waals surface area contributed by atoms with Gasteiger partial charge in [-0.2, -0.15) is 0 Å². The number of methoxy groups -OCH3 is 4. The fourth-order valence-electron chi connectivity index (χ4n) is 3.46. The lowest BCUT2D eigenvalue weighted by molar-refractivity contribution is -0.403. The molecule has 2 amide bonds. The van der Waals surface area contributed by atoms with E-state index < -0.39 is 11.9 Å². The van der Waals surface area contributed by atoms with Crippen molar-refractivity contribution in [1.29, 1.82) is 0 Å². The zero-order valence-electron chi connectivity index (χ0n) is 20.4. The Kier molecular flexibility index (Phi) is 9.88. The molecule has 0 bridgehead atoms. The maximum Gasteiger partial charge on any atom is 0.282 e. The minimum atomic E-state index is -0.665. The SMILES string of the molecule is COc1ccc(-c2cnnn2-c2cc(OC)c(OC)c(OC)c2)cc1NC(=O)C([NH3+])CCC(N)=O.[Cl-]. The van der Waals surface area contributed by atoms with Gasteiger partial charge in [-0.1, -0.05) is 5.21 Å². The van der Waals surface area contributed by atoms with E-state index in [4.69, 9.17) is 24.7 Å². The van der Waals surface area contributed by atoms with Crippen LogP contribution in [0.4, 0.5) is 5.69 Å². The van der Waals surface area contributed by atoms with Crippen molar-refractivity contribution in [2.24, 2.45) is 5.73 Å². The van der Waals surface area contributed by atoms with Crippen molar-refractivity contribution in [2.75, 3.05) is 33.8 Å². The summed E-state index contributed by atoms with van der Waals surface area (Å²) < 4.78 is 23.3. The first-order chi connectivity index (χ1) is 16.8. The van der Waals surface area contributed by atoms with E-state index in [0.29, 0.717) is 45.6 Å². The van der Waals surface area contributed by atoms with E-state index in [9.17, 15) is 9.59 Å². The third kappa shape index (κ3) is 6.15. The summed E-state index contributed by atoms with van der Waals surface area (Å²) in [6.45, 7) is 0. The maximum absolute atomic E-state index is 12.6. The van der Waals surface area contributed by atoms with Crippen LogP contribution in [0.25, 0.3) is 16.9 Å². The normalized spacial score (nSPS) is 11.1. The molecule has 0 spiro atoms. The highest BCUT2D eigenvalue weighted by Gasteiger charge is 2.21. The van der Waals surface area contributed by atoms with Crippen LogP contribution < -0.4 is 48.1 Å². The number of hydrogen-bond donors (Lipinski definition) is 3. The monoisotopic (exact) mass is 520 g/mol. The highest BCUT2D eigenvalue weighted by molar-refractivity contribution is 5.96. The van der Waals surface area contributed by atoms with Crippen molar-refractivity contribution in [2.45, 2.75) is 18.9 Å². The average molecular weight is 521 g/mol. The number of halogens is 1. The molecule has 6 N–H and O–H groups in total. The third-order valence-electron chi connectivity index (χ3n) is 5.31. The zero-order chi connectivity index (χ0) is 25.5. The summed E-state index contributed by atoms with van der Waals surface area (Å²) in [4.78, 5) is 23.7. The predicted molar refractivity (Wildman–Crippen MR) is 127 cm³/mol. The van der Waals surface area contributed by atoms with Crippen molar-refractivity contribution in [3.05, 3.63) is 36.5 Å². The van der Waals surface area contributed by atoms with E-state index in [1.54, 1.807) is 35.1 Å². The quantitative estimate of drug-likeness (QED) is 0.256. The van der Waals surface area contributed by atoms with Crippen LogP contribution >= 0.6 is 0 Å². The maximum atomic E-state index is 12.6. The number of carbonyl (C=O) groups is 2. The van der Waals surface area contributed by atoms with Gasteiger partial charge in [-0.25, -0.2) is 4.68 Å². The van der Waals surface area contributed by atoms with Gasteiger partial charge in [0.05, 0.1) is 51.7 Å². The Bertz CT molecular complexity index is 1190. The first-order valence-corrected chi connectivity index (χ1v) is 10.6. The number of amides is 2. The molecule has 0 aliphatic heterocycles. The number of nitrogens with one attached hydrogen (secondary N) is 1. The standard InChI is InChI=1S/C23H28N6O6.ClH/c1-32-18-7-5-13(9-16(18)27-23(31)15(24)6-8-21(25)30)17-12-26-28-29(17)14-10-19(33-2)22(35-4)20(11-14)34-3;/h5,7,9-12,15H,6,8,24H2,1-4H3,(H2,25,30)(H,27,31);1H. The molecule has 0 fully saturated rings. The van der Waals surface area contributed by atoms with Crippen LogP contribution in [0.1, 0.15) is 12.8 Å². The number of aromatic nitrogens is 3.